The molecule has 1 fully saturated rings. The Morgan fingerprint density at radius 3 is 2.84 bits per heavy atom. The summed E-state index contributed by atoms with van der Waals surface area (Å²) in [5.74, 6) is 0.477. The predicted molar refractivity (Wildman–Crippen MR) is 94.0 cm³/mol. The predicted octanol–water partition coefficient (Wildman–Crippen LogP) is 3.66. The Kier molecular flexibility index (Phi) is 3.71. The van der Waals surface area contributed by atoms with Crippen molar-refractivity contribution in [3.8, 4) is 5.75 Å². The van der Waals surface area contributed by atoms with E-state index in [9.17, 15) is 9.18 Å². The molecular weight excluding hydrogens is 319 g/mol. The van der Waals surface area contributed by atoms with Crippen LogP contribution < -0.4 is 10.1 Å². The second kappa shape index (κ2) is 5.92. The molecule has 3 aromatic rings. The average molecular weight is 338 g/mol. The molecule has 1 aliphatic rings. The first-order chi connectivity index (χ1) is 12.1. The molecule has 25 heavy (non-hydrogen) atoms. The van der Waals surface area contributed by atoms with Crippen molar-refractivity contribution >= 4 is 16.8 Å². The molecule has 0 spiro atoms. The number of ether oxygens (including phenoxy) is 1. The van der Waals surface area contributed by atoms with Gasteiger partial charge in [-0.15, -0.1) is 0 Å². The van der Waals surface area contributed by atoms with Gasteiger partial charge < -0.3 is 15.0 Å². The van der Waals surface area contributed by atoms with Gasteiger partial charge in [0.1, 0.15) is 11.6 Å². The number of halogens is 1. The molecule has 0 unspecified atom stereocenters. The molecule has 1 aliphatic carbocycles. The summed E-state index contributed by atoms with van der Waals surface area (Å²) in [6.07, 6.45) is 3.43. The van der Waals surface area contributed by atoms with Crippen LogP contribution >= 0.6 is 0 Å². The fourth-order valence-corrected chi connectivity index (χ4v) is 3.43. The van der Waals surface area contributed by atoms with E-state index in [1.165, 1.54) is 12.1 Å². The third-order valence-corrected chi connectivity index (χ3v) is 4.98. The number of nitrogens with one attached hydrogen (secondary N) is 2. The number of hydrogen-bond acceptors (Lipinski definition) is 2. The van der Waals surface area contributed by atoms with Crippen LogP contribution in [0.25, 0.3) is 10.9 Å². The summed E-state index contributed by atoms with van der Waals surface area (Å²) in [5, 5.41) is 3.94. The van der Waals surface area contributed by atoms with Crippen LogP contribution in [0.5, 0.6) is 5.75 Å². The first-order valence-corrected chi connectivity index (χ1v) is 8.31. The SMILES string of the molecule is COc1ccccc1CNC(=O)C1(c2c[nH]c3cc(F)ccc23)CC1. The van der Waals surface area contributed by atoms with Gasteiger partial charge in [-0.25, -0.2) is 4.39 Å². The van der Waals surface area contributed by atoms with Crippen LogP contribution in [-0.2, 0) is 16.8 Å². The van der Waals surface area contributed by atoms with Crippen molar-refractivity contribution in [3.05, 3.63) is 65.6 Å². The van der Waals surface area contributed by atoms with Crippen molar-refractivity contribution in [1.29, 1.82) is 0 Å². The molecule has 0 atom stereocenters. The summed E-state index contributed by atoms with van der Waals surface area (Å²) in [6, 6.07) is 12.3. The highest BCUT2D eigenvalue weighted by Crippen LogP contribution is 2.50. The molecule has 1 aromatic heterocycles. The molecule has 0 radical (unpaired) electrons. The number of methoxy groups -OCH3 is 1. The molecule has 1 saturated carbocycles. The number of fused-ring (bicyclic) bond motifs is 1. The number of aromatic amines is 1. The first-order valence-electron chi connectivity index (χ1n) is 8.31. The molecular formula is C20H19FN2O2. The highest BCUT2D eigenvalue weighted by molar-refractivity contribution is 5.97. The number of hydrogen-bond donors (Lipinski definition) is 2. The summed E-state index contributed by atoms with van der Waals surface area (Å²) in [6.45, 7) is 0.418. The highest BCUT2D eigenvalue weighted by atomic mass is 19.1. The monoisotopic (exact) mass is 338 g/mol. The van der Waals surface area contributed by atoms with Crippen molar-refractivity contribution in [1.82, 2.24) is 10.3 Å². The standard InChI is InChI=1S/C20H19FN2O2/c1-25-18-5-3-2-4-13(18)11-23-19(24)20(8-9-20)16-12-22-17-10-14(21)6-7-15(16)17/h2-7,10,12,22H,8-9,11H2,1H3,(H,23,24). The van der Waals surface area contributed by atoms with E-state index in [2.05, 4.69) is 10.3 Å². The van der Waals surface area contributed by atoms with Gasteiger partial charge in [0.2, 0.25) is 5.91 Å². The lowest BCUT2D eigenvalue weighted by Gasteiger charge is -2.16. The number of benzene rings is 2. The van der Waals surface area contributed by atoms with E-state index in [1.54, 1.807) is 13.2 Å². The maximum Gasteiger partial charge on any atom is 0.231 e. The number of para-hydroxylation sites is 1. The topological polar surface area (TPSA) is 54.1 Å². The normalized spacial score (nSPS) is 15.1. The van der Waals surface area contributed by atoms with E-state index in [0.717, 1.165) is 40.6 Å². The van der Waals surface area contributed by atoms with Crippen molar-refractivity contribution in [2.45, 2.75) is 24.8 Å². The van der Waals surface area contributed by atoms with Crippen molar-refractivity contribution in [3.63, 3.8) is 0 Å². The number of carbonyl (C=O) groups is 1. The van der Waals surface area contributed by atoms with Crippen molar-refractivity contribution < 1.29 is 13.9 Å². The van der Waals surface area contributed by atoms with Gasteiger partial charge in [0.25, 0.3) is 0 Å². The van der Waals surface area contributed by atoms with Gasteiger partial charge in [-0.2, -0.15) is 0 Å². The number of amides is 1. The number of H-pyrrole nitrogens is 1. The van der Waals surface area contributed by atoms with Gasteiger partial charge in [0.05, 0.1) is 12.5 Å². The third-order valence-electron chi connectivity index (χ3n) is 4.98. The van der Waals surface area contributed by atoms with Crippen LogP contribution in [0.2, 0.25) is 0 Å². The van der Waals surface area contributed by atoms with Gasteiger partial charge >= 0.3 is 0 Å². The maximum atomic E-state index is 13.4. The Balaban J connectivity index is 1.57. The molecule has 4 nitrogen and oxygen atoms in total. The zero-order valence-corrected chi connectivity index (χ0v) is 13.9. The van der Waals surface area contributed by atoms with Gasteiger partial charge in [0.15, 0.2) is 0 Å². The Labute approximate surface area is 145 Å². The van der Waals surface area contributed by atoms with E-state index >= 15 is 0 Å². The first kappa shape index (κ1) is 15.7. The zero-order chi connectivity index (χ0) is 17.4. The molecule has 1 amide bonds. The van der Waals surface area contributed by atoms with Gasteiger partial charge in [-0.05, 0) is 42.7 Å². The summed E-state index contributed by atoms with van der Waals surface area (Å²) in [4.78, 5) is 16.0. The fraction of sp³-hybridized carbons (Fsp3) is 0.250. The molecule has 2 N–H and O–H groups in total. The van der Waals surface area contributed by atoms with Crippen LogP contribution in [0.15, 0.2) is 48.7 Å². The minimum Gasteiger partial charge on any atom is -0.496 e. The number of carbonyl (C=O) groups excluding carboxylic acids is 1. The van der Waals surface area contributed by atoms with Gasteiger partial charge in [0, 0.05) is 29.2 Å². The lowest BCUT2D eigenvalue weighted by Crippen LogP contribution is -2.34. The lowest BCUT2D eigenvalue weighted by molar-refractivity contribution is -0.123. The van der Waals surface area contributed by atoms with Gasteiger partial charge in [-0.1, -0.05) is 18.2 Å². The lowest BCUT2D eigenvalue weighted by atomic mass is 9.94. The molecule has 2 aromatic carbocycles. The van der Waals surface area contributed by atoms with E-state index in [-0.39, 0.29) is 11.7 Å². The molecule has 1 heterocycles. The average Bonchev–Trinajstić information content (AvgIpc) is 3.33. The number of aromatic nitrogens is 1. The largest absolute Gasteiger partial charge is 0.496 e. The second-order valence-electron chi connectivity index (χ2n) is 6.47. The van der Waals surface area contributed by atoms with E-state index in [1.807, 2.05) is 30.5 Å². The van der Waals surface area contributed by atoms with Gasteiger partial charge in [-0.3, -0.25) is 4.79 Å². The second-order valence-corrected chi connectivity index (χ2v) is 6.47. The Morgan fingerprint density at radius 2 is 2.08 bits per heavy atom. The molecule has 0 aliphatic heterocycles. The van der Waals surface area contributed by atoms with Crippen molar-refractivity contribution in [2.75, 3.05) is 7.11 Å². The number of rotatable bonds is 5. The van der Waals surface area contributed by atoms with E-state index in [0.29, 0.717) is 6.54 Å². The minimum absolute atomic E-state index is 0.00336. The summed E-state index contributed by atoms with van der Waals surface area (Å²) >= 11 is 0. The Bertz CT molecular complexity index is 944. The van der Waals surface area contributed by atoms with E-state index < -0.39 is 5.41 Å². The van der Waals surface area contributed by atoms with Crippen LogP contribution in [0, 0.1) is 5.82 Å². The smallest absolute Gasteiger partial charge is 0.231 e. The van der Waals surface area contributed by atoms with Crippen molar-refractivity contribution in [2.24, 2.45) is 0 Å². The highest BCUT2D eigenvalue weighted by Gasteiger charge is 2.52. The fourth-order valence-electron chi connectivity index (χ4n) is 3.43. The quantitative estimate of drug-likeness (QED) is 0.746. The Hall–Kier alpha value is -2.82. The molecule has 128 valence electrons. The summed E-state index contributed by atoms with van der Waals surface area (Å²) < 4.78 is 18.7. The maximum absolute atomic E-state index is 13.4. The van der Waals surface area contributed by atoms with Crippen LogP contribution in [0.1, 0.15) is 24.0 Å². The molecule has 0 saturated heterocycles. The minimum atomic E-state index is -0.516. The van der Waals surface area contributed by atoms with Crippen LogP contribution in [0.4, 0.5) is 4.39 Å². The Morgan fingerprint density at radius 1 is 1.28 bits per heavy atom. The van der Waals surface area contributed by atoms with Crippen LogP contribution in [0.3, 0.4) is 0 Å². The van der Waals surface area contributed by atoms with Crippen LogP contribution in [-0.4, -0.2) is 18.0 Å². The summed E-state index contributed by atoms with van der Waals surface area (Å²) in [7, 11) is 1.62. The third kappa shape index (κ3) is 2.65. The molecule has 4 rings (SSSR count). The van der Waals surface area contributed by atoms with E-state index in [4.69, 9.17) is 4.74 Å². The zero-order valence-electron chi connectivity index (χ0n) is 13.9. The molecule has 0 bridgehead atoms. The molecule has 5 heteroatoms. The summed E-state index contributed by atoms with van der Waals surface area (Å²) in [5.41, 5.74) is 2.09.